The maximum atomic E-state index is 12.0. The van der Waals surface area contributed by atoms with Gasteiger partial charge in [-0.3, -0.25) is 4.79 Å². The molecule has 0 aliphatic rings. The van der Waals surface area contributed by atoms with E-state index in [1.807, 2.05) is 78.9 Å². The van der Waals surface area contributed by atoms with Crippen LogP contribution in [0.4, 0.5) is 0 Å². The lowest BCUT2D eigenvalue weighted by atomic mass is 10.2. The topological polar surface area (TPSA) is 50.7 Å². The lowest BCUT2D eigenvalue weighted by Gasteiger charge is -2.09. The van der Waals surface area contributed by atoms with Crippen molar-refractivity contribution in [2.45, 2.75) is 12.4 Å². The molecule has 0 unspecified atom stereocenters. The lowest BCUT2D eigenvalue weighted by Crippen LogP contribution is -2.19. The molecule has 0 saturated carbocycles. The molecule has 3 aromatic carbocycles. The van der Waals surface area contributed by atoms with Gasteiger partial charge in [0, 0.05) is 16.3 Å². The number of hydrogen-bond donors (Lipinski definition) is 1. The molecule has 3 aromatic rings. The molecule has 0 aliphatic heterocycles. The maximum Gasteiger partial charge on any atom is 0.250 e. The van der Waals surface area contributed by atoms with Gasteiger partial charge in [0.15, 0.2) is 0 Å². The Bertz CT molecular complexity index is 964. The predicted molar refractivity (Wildman–Crippen MR) is 121 cm³/mol. The van der Waals surface area contributed by atoms with E-state index in [2.05, 4.69) is 10.5 Å². The maximum absolute atomic E-state index is 12.0. The van der Waals surface area contributed by atoms with E-state index in [9.17, 15) is 4.79 Å². The van der Waals surface area contributed by atoms with Crippen LogP contribution >= 0.6 is 23.4 Å². The summed E-state index contributed by atoms with van der Waals surface area (Å²) in [5.74, 6) is 1.52. The number of carbonyl (C=O) groups is 1. The standard InChI is InChI=1S/C23H21ClN2O2S/c24-21-12-6-4-11-20(21)16-29-17-23(27)26-25-14-19-10-5-7-13-22(19)28-15-18-8-2-1-3-9-18/h1-14H,15-17H2,(H,26,27)/b25-14+. The summed E-state index contributed by atoms with van der Waals surface area (Å²) in [5.41, 5.74) is 5.45. The van der Waals surface area contributed by atoms with Crippen molar-refractivity contribution in [3.8, 4) is 5.75 Å². The van der Waals surface area contributed by atoms with E-state index >= 15 is 0 Å². The number of para-hydroxylation sites is 1. The van der Waals surface area contributed by atoms with Gasteiger partial charge in [0.2, 0.25) is 5.91 Å². The smallest absolute Gasteiger partial charge is 0.250 e. The predicted octanol–water partition coefficient (Wildman–Crippen LogP) is 5.30. The molecule has 0 radical (unpaired) electrons. The Kier molecular flexibility index (Phi) is 8.16. The fourth-order valence-corrected chi connectivity index (χ4v) is 3.63. The second-order valence-electron chi connectivity index (χ2n) is 6.19. The number of benzene rings is 3. The van der Waals surface area contributed by atoms with Crippen LogP contribution in [0.15, 0.2) is 84.0 Å². The lowest BCUT2D eigenvalue weighted by molar-refractivity contribution is -0.118. The first-order valence-electron chi connectivity index (χ1n) is 9.11. The molecule has 1 N–H and O–H groups in total. The van der Waals surface area contributed by atoms with Crippen molar-refractivity contribution in [2.24, 2.45) is 5.10 Å². The van der Waals surface area contributed by atoms with Crippen molar-refractivity contribution >= 4 is 35.5 Å². The number of hydrogen-bond acceptors (Lipinski definition) is 4. The second kappa shape index (κ2) is 11.3. The van der Waals surface area contributed by atoms with Crippen LogP contribution in [0.25, 0.3) is 0 Å². The number of thioether (sulfide) groups is 1. The Hall–Kier alpha value is -2.76. The molecule has 0 heterocycles. The van der Waals surface area contributed by atoms with Gasteiger partial charge < -0.3 is 4.74 Å². The summed E-state index contributed by atoms with van der Waals surface area (Å²) in [7, 11) is 0. The zero-order chi connectivity index (χ0) is 20.3. The van der Waals surface area contributed by atoms with Crippen LogP contribution in [0.2, 0.25) is 5.02 Å². The minimum Gasteiger partial charge on any atom is -0.488 e. The van der Waals surface area contributed by atoms with Gasteiger partial charge in [-0.15, -0.1) is 11.8 Å². The van der Waals surface area contributed by atoms with Crippen LogP contribution in [0.1, 0.15) is 16.7 Å². The van der Waals surface area contributed by atoms with Crippen LogP contribution in [-0.4, -0.2) is 17.9 Å². The van der Waals surface area contributed by atoms with E-state index < -0.39 is 0 Å². The van der Waals surface area contributed by atoms with Crippen molar-refractivity contribution in [1.82, 2.24) is 5.43 Å². The van der Waals surface area contributed by atoms with Crippen LogP contribution in [0, 0.1) is 0 Å². The van der Waals surface area contributed by atoms with E-state index in [0.717, 1.165) is 16.7 Å². The molecule has 148 valence electrons. The largest absolute Gasteiger partial charge is 0.488 e. The molecule has 6 heteroatoms. The molecule has 0 spiro atoms. The van der Waals surface area contributed by atoms with E-state index in [1.54, 1.807) is 6.21 Å². The highest BCUT2D eigenvalue weighted by atomic mass is 35.5. The Morgan fingerprint density at radius 2 is 1.72 bits per heavy atom. The zero-order valence-corrected chi connectivity index (χ0v) is 17.3. The number of rotatable bonds is 9. The summed E-state index contributed by atoms with van der Waals surface area (Å²) in [6.07, 6.45) is 1.59. The van der Waals surface area contributed by atoms with Gasteiger partial charge in [0.1, 0.15) is 12.4 Å². The molecular formula is C23H21ClN2O2S. The van der Waals surface area contributed by atoms with Crippen molar-refractivity contribution in [1.29, 1.82) is 0 Å². The number of halogens is 1. The molecule has 0 aromatic heterocycles. The summed E-state index contributed by atoms with van der Waals surface area (Å²) < 4.78 is 5.89. The molecule has 4 nitrogen and oxygen atoms in total. The number of hydrazone groups is 1. The molecule has 0 fully saturated rings. The number of amides is 1. The van der Waals surface area contributed by atoms with Gasteiger partial charge in [0.25, 0.3) is 0 Å². The molecule has 0 bridgehead atoms. The molecule has 0 aliphatic carbocycles. The Balaban J connectivity index is 1.47. The normalized spacial score (nSPS) is 10.8. The molecule has 1 amide bonds. The Morgan fingerprint density at radius 3 is 2.55 bits per heavy atom. The Labute approximate surface area is 179 Å². The van der Waals surface area contributed by atoms with Gasteiger partial charge in [0.05, 0.1) is 12.0 Å². The van der Waals surface area contributed by atoms with Crippen molar-refractivity contribution < 1.29 is 9.53 Å². The minimum atomic E-state index is -0.166. The highest BCUT2D eigenvalue weighted by Crippen LogP contribution is 2.20. The second-order valence-corrected chi connectivity index (χ2v) is 7.58. The van der Waals surface area contributed by atoms with Crippen LogP contribution < -0.4 is 10.2 Å². The molecule has 29 heavy (non-hydrogen) atoms. The highest BCUT2D eigenvalue weighted by Gasteiger charge is 2.04. The van der Waals surface area contributed by atoms with Gasteiger partial charge in [-0.1, -0.05) is 72.3 Å². The fourth-order valence-electron chi connectivity index (χ4n) is 2.53. The number of nitrogens with zero attached hydrogens (tertiary/aromatic N) is 1. The number of ether oxygens (including phenoxy) is 1. The fraction of sp³-hybridized carbons (Fsp3) is 0.130. The average molecular weight is 425 g/mol. The van der Waals surface area contributed by atoms with Crippen molar-refractivity contribution in [2.75, 3.05) is 5.75 Å². The summed E-state index contributed by atoms with van der Waals surface area (Å²) in [6, 6.07) is 25.2. The summed E-state index contributed by atoms with van der Waals surface area (Å²) in [5, 5.41) is 4.77. The molecule has 0 saturated heterocycles. The van der Waals surface area contributed by atoms with E-state index in [0.29, 0.717) is 28.9 Å². The van der Waals surface area contributed by atoms with Gasteiger partial charge in [-0.2, -0.15) is 5.10 Å². The third-order valence-corrected chi connectivity index (χ3v) is 5.35. The SMILES string of the molecule is O=C(CSCc1ccccc1Cl)N/N=C/c1ccccc1OCc1ccccc1. The van der Waals surface area contributed by atoms with E-state index in [-0.39, 0.29) is 5.91 Å². The van der Waals surface area contributed by atoms with Gasteiger partial charge >= 0.3 is 0 Å². The van der Waals surface area contributed by atoms with Crippen LogP contribution in [0.5, 0.6) is 5.75 Å². The summed E-state index contributed by atoms with van der Waals surface area (Å²) >= 11 is 7.61. The van der Waals surface area contributed by atoms with Crippen molar-refractivity contribution in [3.05, 3.63) is 101 Å². The quantitative estimate of drug-likeness (QED) is 0.374. The third kappa shape index (κ3) is 6.97. The Morgan fingerprint density at radius 1 is 1.00 bits per heavy atom. The van der Waals surface area contributed by atoms with E-state index in [4.69, 9.17) is 16.3 Å². The monoisotopic (exact) mass is 424 g/mol. The average Bonchev–Trinajstić information content (AvgIpc) is 2.75. The highest BCUT2D eigenvalue weighted by molar-refractivity contribution is 7.99. The molecular weight excluding hydrogens is 404 g/mol. The van der Waals surface area contributed by atoms with Crippen LogP contribution in [-0.2, 0) is 17.2 Å². The summed E-state index contributed by atoms with van der Waals surface area (Å²) in [4.78, 5) is 12.0. The number of carbonyl (C=O) groups excluding carboxylic acids is 1. The first-order chi connectivity index (χ1) is 14.2. The van der Waals surface area contributed by atoms with Gasteiger partial charge in [-0.05, 0) is 29.3 Å². The van der Waals surface area contributed by atoms with Crippen molar-refractivity contribution in [3.63, 3.8) is 0 Å². The molecule has 3 rings (SSSR count). The first kappa shape index (κ1) is 21.0. The van der Waals surface area contributed by atoms with Gasteiger partial charge in [-0.25, -0.2) is 5.43 Å². The van der Waals surface area contributed by atoms with E-state index in [1.165, 1.54) is 11.8 Å². The third-order valence-electron chi connectivity index (χ3n) is 4.00. The summed E-state index contributed by atoms with van der Waals surface area (Å²) in [6.45, 7) is 0.469. The zero-order valence-electron chi connectivity index (χ0n) is 15.8. The minimum absolute atomic E-state index is 0.166. The number of nitrogens with one attached hydrogen (secondary N) is 1. The molecule has 0 atom stereocenters. The first-order valence-corrected chi connectivity index (χ1v) is 10.6. The van der Waals surface area contributed by atoms with Crippen LogP contribution in [0.3, 0.4) is 0 Å².